The molecule has 3 rings (SSSR count). The Morgan fingerprint density at radius 3 is 2.60 bits per heavy atom. The lowest BCUT2D eigenvalue weighted by molar-refractivity contribution is 0.0697. The number of carbonyl (C=O) groups is 1. The van der Waals surface area contributed by atoms with Crippen LogP contribution in [0.4, 0.5) is 5.82 Å². The van der Waals surface area contributed by atoms with Crippen molar-refractivity contribution in [2.75, 3.05) is 18.4 Å². The highest BCUT2D eigenvalue weighted by Gasteiger charge is 2.18. The second-order valence-electron chi connectivity index (χ2n) is 6.33. The molecule has 0 aliphatic carbocycles. The number of likely N-dealkylation sites (tertiary alicyclic amines) is 1. The summed E-state index contributed by atoms with van der Waals surface area (Å²) in [5, 5.41) is 22.0. The van der Waals surface area contributed by atoms with Crippen molar-refractivity contribution in [3.8, 4) is 0 Å². The number of pyridine rings is 1. The highest BCUT2D eigenvalue weighted by atomic mass is 16.4. The third kappa shape index (κ3) is 4.55. The van der Waals surface area contributed by atoms with Crippen LogP contribution in [0.5, 0.6) is 0 Å². The van der Waals surface area contributed by atoms with Gasteiger partial charge in [0.15, 0.2) is 0 Å². The minimum atomic E-state index is -0.990. The molecule has 0 radical (unpaired) electrons. The fourth-order valence-corrected chi connectivity index (χ4v) is 3.10. The average molecular weight is 341 g/mol. The minimum absolute atomic E-state index is 0.171. The summed E-state index contributed by atoms with van der Waals surface area (Å²) < 4.78 is 0. The number of aromatic nitrogens is 1. The van der Waals surface area contributed by atoms with E-state index in [-0.39, 0.29) is 11.7 Å². The van der Waals surface area contributed by atoms with Gasteiger partial charge >= 0.3 is 5.97 Å². The molecule has 6 heteroatoms. The molecule has 25 heavy (non-hydrogen) atoms. The Hall–Kier alpha value is -2.44. The van der Waals surface area contributed by atoms with Crippen molar-refractivity contribution in [2.24, 2.45) is 0 Å². The fraction of sp³-hybridized carbons (Fsp3) is 0.368. The first-order chi connectivity index (χ1) is 12.1. The Labute approximate surface area is 147 Å². The molecule has 0 atom stereocenters. The third-order valence-corrected chi connectivity index (χ3v) is 4.55. The standard InChI is InChI=1S/C19H23N3O3/c23-16-7-10-22(11-8-16)13-15-5-2-1-4-14(15)12-21-18-17(19(24)25)6-3-9-20-18/h1-6,9,16,23H,7-8,10-13H2,(H,20,21)(H,24,25). The predicted octanol–water partition coefficient (Wildman–Crippen LogP) is 2.35. The molecule has 3 N–H and O–H groups in total. The molecule has 0 bridgehead atoms. The number of aliphatic hydroxyl groups is 1. The van der Waals surface area contributed by atoms with Crippen LogP contribution in [-0.2, 0) is 13.1 Å². The summed E-state index contributed by atoms with van der Waals surface area (Å²) in [5.74, 6) is -0.610. The van der Waals surface area contributed by atoms with Crippen molar-refractivity contribution < 1.29 is 15.0 Å². The molecule has 0 unspecified atom stereocenters. The van der Waals surface area contributed by atoms with E-state index in [4.69, 9.17) is 0 Å². The molecular weight excluding hydrogens is 318 g/mol. The summed E-state index contributed by atoms with van der Waals surface area (Å²) in [5.41, 5.74) is 2.50. The number of piperidine rings is 1. The smallest absolute Gasteiger partial charge is 0.339 e. The van der Waals surface area contributed by atoms with Crippen LogP contribution in [0, 0.1) is 0 Å². The van der Waals surface area contributed by atoms with E-state index in [0.717, 1.165) is 38.0 Å². The zero-order valence-corrected chi connectivity index (χ0v) is 14.1. The molecule has 2 aromatic rings. The third-order valence-electron chi connectivity index (χ3n) is 4.55. The van der Waals surface area contributed by atoms with E-state index in [0.29, 0.717) is 12.4 Å². The van der Waals surface area contributed by atoms with Crippen LogP contribution < -0.4 is 5.32 Å². The van der Waals surface area contributed by atoms with Crippen molar-refractivity contribution in [3.63, 3.8) is 0 Å². The maximum Gasteiger partial charge on any atom is 0.339 e. The number of carboxylic acid groups (broad SMARTS) is 1. The number of carboxylic acids is 1. The summed E-state index contributed by atoms with van der Waals surface area (Å²) >= 11 is 0. The van der Waals surface area contributed by atoms with E-state index in [1.165, 1.54) is 5.56 Å². The Morgan fingerprint density at radius 1 is 1.16 bits per heavy atom. The lowest BCUT2D eigenvalue weighted by Crippen LogP contribution is -2.35. The van der Waals surface area contributed by atoms with Crippen molar-refractivity contribution in [2.45, 2.75) is 32.0 Å². The minimum Gasteiger partial charge on any atom is -0.478 e. The highest BCUT2D eigenvalue weighted by Crippen LogP contribution is 2.18. The number of nitrogens with zero attached hydrogens (tertiary/aromatic N) is 2. The van der Waals surface area contributed by atoms with E-state index in [9.17, 15) is 15.0 Å². The number of nitrogens with one attached hydrogen (secondary N) is 1. The van der Waals surface area contributed by atoms with E-state index < -0.39 is 5.97 Å². The quantitative estimate of drug-likeness (QED) is 0.748. The molecular formula is C19H23N3O3. The Morgan fingerprint density at radius 2 is 1.88 bits per heavy atom. The maximum atomic E-state index is 11.3. The molecule has 1 aliphatic heterocycles. The number of anilines is 1. The van der Waals surface area contributed by atoms with E-state index in [2.05, 4.69) is 21.3 Å². The van der Waals surface area contributed by atoms with Crippen molar-refractivity contribution in [1.82, 2.24) is 9.88 Å². The maximum absolute atomic E-state index is 11.3. The van der Waals surface area contributed by atoms with Gasteiger partial charge in [-0.3, -0.25) is 4.90 Å². The molecule has 1 aromatic heterocycles. The van der Waals surface area contributed by atoms with E-state index >= 15 is 0 Å². The first kappa shape index (κ1) is 17.4. The number of hydrogen-bond acceptors (Lipinski definition) is 5. The first-order valence-electron chi connectivity index (χ1n) is 8.53. The predicted molar refractivity (Wildman–Crippen MR) is 95.5 cm³/mol. The van der Waals surface area contributed by atoms with Gasteiger partial charge in [0.2, 0.25) is 0 Å². The Kier molecular flexibility index (Phi) is 5.63. The van der Waals surface area contributed by atoms with Crippen LogP contribution in [0.3, 0.4) is 0 Å². The molecule has 0 amide bonds. The number of benzene rings is 1. The highest BCUT2D eigenvalue weighted by molar-refractivity contribution is 5.92. The first-order valence-corrected chi connectivity index (χ1v) is 8.53. The fourth-order valence-electron chi connectivity index (χ4n) is 3.10. The molecule has 0 saturated carbocycles. The molecule has 6 nitrogen and oxygen atoms in total. The van der Waals surface area contributed by atoms with E-state index in [1.807, 2.05) is 18.2 Å². The SMILES string of the molecule is O=C(O)c1cccnc1NCc1ccccc1CN1CCC(O)CC1. The molecule has 132 valence electrons. The lowest BCUT2D eigenvalue weighted by atomic mass is 10.0. The normalized spacial score (nSPS) is 15.9. The van der Waals surface area contributed by atoms with Gasteiger partial charge in [-0.15, -0.1) is 0 Å². The summed E-state index contributed by atoms with van der Waals surface area (Å²) in [6.45, 7) is 3.14. The van der Waals surface area contributed by atoms with Gasteiger partial charge in [-0.25, -0.2) is 9.78 Å². The van der Waals surface area contributed by atoms with Crippen LogP contribution in [0.1, 0.15) is 34.3 Å². The molecule has 1 fully saturated rings. The zero-order chi connectivity index (χ0) is 17.6. The summed E-state index contributed by atoms with van der Waals surface area (Å²) in [6.07, 6.45) is 3.04. The number of aliphatic hydroxyl groups excluding tert-OH is 1. The topological polar surface area (TPSA) is 85.7 Å². The van der Waals surface area contributed by atoms with Gasteiger partial charge in [0, 0.05) is 32.4 Å². The van der Waals surface area contributed by atoms with Crippen molar-refractivity contribution >= 4 is 11.8 Å². The number of hydrogen-bond donors (Lipinski definition) is 3. The van der Waals surface area contributed by atoms with Crippen molar-refractivity contribution in [1.29, 1.82) is 0 Å². The van der Waals surface area contributed by atoms with Crippen molar-refractivity contribution in [3.05, 3.63) is 59.3 Å². The molecule has 1 aromatic carbocycles. The second kappa shape index (κ2) is 8.09. The number of rotatable bonds is 6. The molecule has 1 aliphatic rings. The molecule has 2 heterocycles. The van der Waals surface area contributed by atoms with E-state index in [1.54, 1.807) is 18.3 Å². The van der Waals surface area contributed by atoms with Crippen LogP contribution in [-0.4, -0.2) is 45.3 Å². The molecule has 1 saturated heterocycles. The van der Waals surface area contributed by atoms with Crippen LogP contribution in [0.15, 0.2) is 42.6 Å². The largest absolute Gasteiger partial charge is 0.478 e. The second-order valence-corrected chi connectivity index (χ2v) is 6.33. The monoisotopic (exact) mass is 341 g/mol. The van der Waals surface area contributed by atoms with Crippen LogP contribution >= 0.6 is 0 Å². The van der Waals surface area contributed by atoms with Gasteiger partial charge in [-0.05, 0) is 36.1 Å². The number of aromatic carboxylic acids is 1. The Balaban J connectivity index is 1.68. The average Bonchev–Trinajstić information content (AvgIpc) is 2.63. The molecule has 0 spiro atoms. The summed E-state index contributed by atoms with van der Waals surface area (Å²) in [7, 11) is 0. The van der Waals surface area contributed by atoms with Gasteiger partial charge in [0.05, 0.1) is 6.10 Å². The van der Waals surface area contributed by atoms with Crippen LogP contribution in [0.25, 0.3) is 0 Å². The zero-order valence-electron chi connectivity index (χ0n) is 14.1. The Bertz CT molecular complexity index is 727. The van der Waals surface area contributed by atoms with Crippen LogP contribution in [0.2, 0.25) is 0 Å². The van der Waals surface area contributed by atoms with Gasteiger partial charge in [0.1, 0.15) is 11.4 Å². The summed E-state index contributed by atoms with van der Waals surface area (Å²) in [4.78, 5) is 17.8. The summed E-state index contributed by atoms with van der Waals surface area (Å²) in [6, 6.07) is 11.3. The van der Waals surface area contributed by atoms with Gasteiger partial charge in [0.25, 0.3) is 0 Å². The van der Waals surface area contributed by atoms with Gasteiger partial charge in [-0.2, -0.15) is 0 Å². The lowest BCUT2D eigenvalue weighted by Gasteiger charge is -2.30. The van der Waals surface area contributed by atoms with Gasteiger partial charge in [-0.1, -0.05) is 24.3 Å². The van der Waals surface area contributed by atoms with Gasteiger partial charge < -0.3 is 15.5 Å².